The molecule has 10 unspecified atom stereocenters. The Kier molecular flexibility index (Phi) is 30.2. The summed E-state index contributed by atoms with van der Waals surface area (Å²) in [4.78, 5) is 23.7. The molecular formula is C95H185N9. The van der Waals surface area contributed by atoms with Crippen molar-refractivity contribution in [3.8, 4) is 0 Å². The molecule has 10 atom stereocenters. The highest BCUT2D eigenvalue weighted by Crippen LogP contribution is 2.53. The Morgan fingerprint density at radius 3 is 0.923 bits per heavy atom. The van der Waals surface area contributed by atoms with Gasteiger partial charge in [-0.3, -0.25) is 44.1 Å². The molecule has 9 heterocycles. The number of hydrogen-bond acceptors (Lipinski definition) is 9. The maximum atomic E-state index is 2.73. The van der Waals surface area contributed by atoms with Crippen LogP contribution < -0.4 is 0 Å². The Bertz CT molecular complexity index is 2460. The predicted octanol–water partition coefficient (Wildman–Crippen LogP) is 22.6. The molecule has 0 aromatic heterocycles. The molecule has 610 valence electrons. The van der Waals surface area contributed by atoms with E-state index in [0.29, 0.717) is 60.8 Å². The average molecular weight is 1450 g/mol. The van der Waals surface area contributed by atoms with Gasteiger partial charge in [0, 0.05) is 120 Å². The molecule has 0 aromatic carbocycles. The first-order valence-corrected chi connectivity index (χ1v) is 45.6. The molecule has 8 aliphatic carbocycles. The Balaban J connectivity index is 0.000000147. The molecule has 2 spiro atoms. The molecule has 0 aromatic rings. The molecule has 9 heteroatoms. The predicted molar refractivity (Wildman–Crippen MR) is 456 cm³/mol. The van der Waals surface area contributed by atoms with Crippen molar-refractivity contribution < 1.29 is 0 Å². The second-order valence-electron chi connectivity index (χ2n) is 48.3. The standard InChI is InChI=1S/2C11H21N.3C10H19N.2C9H17N.C9H19N.C9H18.C7H15N/c1-11(2,3)12-7-9-5-4-6-10(9)8-12;1-11(2,3)12-8-7-9-5-4-6-10(9)12;1-10(2,3)11-5-4-8-6-9(8)7-11;1-9(2,3)11-7-10(8-11)5-4-6-10;1-9(2,3)11-8-7-10(11)5-4-6-10;1-9(2,3)10-5-7-4-8(7)6-10;1-9(2,3)10-5-4-7-6-8(7)10;1-9(2,3)10-7-5-4-6-8-10;1-9(2,3)8-6-4-5-7-8;1-7(2,3)8-5-4-6-8/h2*9-10H,4-8H2,1-3H3;8-9H,4-7H2,1-3H3;2*4-8H2,1-3H3;2*7-8H,4-6H2,1-3H3;4-8H2,1-3H3;8H,4-7H2,1-3H3;4-6H2,1-3H3. The van der Waals surface area contributed by atoms with Gasteiger partial charge in [0.1, 0.15) is 0 Å². The van der Waals surface area contributed by atoms with Crippen LogP contribution in [0.25, 0.3) is 0 Å². The third-order valence-corrected chi connectivity index (χ3v) is 29.9. The normalized spacial score (nSPS) is 32.6. The summed E-state index contributed by atoms with van der Waals surface area (Å²) in [6, 6.07) is 1.91. The van der Waals surface area contributed by atoms with Gasteiger partial charge in [-0.15, -0.1) is 0 Å². The summed E-state index contributed by atoms with van der Waals surface area (Å²) in [5.41, 5.74) is 5.80. The molecule has 17 fully saturated rings. The lowest BCUT2D eigenvalue weighted by atomic mass is 9.62. The minimum Gasteiger partial charge on any atom is -0.298 e. The van der Waals surface area contributed by atoms with Gasteiger partial charge in [-0.25, -0.2) is 0 Å². The molecule has 9 saturated heterocycles. The maximum Gasteiger partial charge on any atom is 0.0227 e. The van der Waals surface area contributed by atoms with Crippen molar-refractivity contribution in [2.24, 2.45) is 64.1 Å². The van der Waals surface area contributed by atoms with Gasteiger partial charge in [-0.2, -0.15) is 0 Å². The van der Waals surface area contributed by atoms with Crippen molar-refractivity contribution in [1.82, 2.24) is 44.1 Å². The molecule has 8 saturated carbocycles. The van der Waals surface area contributed by atoms with E-state index >= 15 is 0 Å². The molecule has 9 aliphatic heterocycles. The Morgan fingerprint density at radius 1 is 0.231 bits per heavy atom. The van der Waals surface area contributed by atoms with Crippen molar-refractivity contribution in [2.45, 2.75) is 449 Å². The van der Waals surface area contributed by atoms with Gasteiger partial charge in [0.05, 0.1) is 0 Å². The van der Waals surface area contributed by atoms with Gasteiger partial charge in [-0.05, 0) is 432 Å². The molecule has 9 nitrogen and oxygen atoms in total. The van der Waals surface area contributed by atoms with Crippen LogP contribution in [0.2, 0.25) is 0 Å². The van der Waals surface area contributed by atoms with E-state index in [2.05, 4.69) is 252 Å². The first-order chi connectivity index (χ1) is 47.8. The lowest BCUT2D eigenvalue weighted by Gasteiger charge is -2.63. The highest BCUT2D eigenvalue weighted by Gasteiger charge is 2.54. The highest BCUT2D eigenvalue weighted by molar-refractivity contribution is 5.10. The second-order valence-corrected chi connectivity index (χ2v) is 48.3. The van der Waals surface area contributed by atoms with Crippen molar-refractivity contribution in [2.75, 3.05) is 98.2 Å². The third-order valence-electron chi connectivity index (χ3n) is 29.9. The Morgan fingerprint density at radius 2 is 0.625 bits per heavy atom. The molecule has 17 rings (SSSR count). The van der Waals surface area contributed by atoms with Gasteiger partial charge >= 0.3 is 0 Å². The number of hydrogen-bond donors (Lipinski definition) is 0. The summed E-state index contributed by atoms with van der Waals surface area (Å²) < 4.78 is 0. The second kappa shape index (κ2) is 35.2. The molecule has 17 aliphatic rings. The zero-order chi connectivity index (χ0) is 77.2. The smallest absolute Gasteiger partial charge is 0.0227 e. The number of piperidine rings is 4. The highest BCUT2D eigenvalue weighted by atomic mass is 15.3. The van der Waals surface area contributed by atoms with Gasteiger partial charge in [0.2, 0.25) is 0 Å². The number of nitrogens with zero attached hydrogens (tertiary/aromatic N) is 9. The first kappa shape index (κ1) is 89.2. The summed E-state index contributed by atoms with van der Waals surface area (Å²) in [6.45, 7) is 90.0. The van der Waals surface area contributed by atoms with Crippen LogP contribution in [0.4, 0.5) is 0 Å². The van der Waals surface area contributed by atoms with E-state index in [1.807, 2.05) is 0 Å². The fourth-order valence-corrected chi connectivity index (χ4v) is 21.5. The van der Waals surface area contributed by atoms with Crippen LogP contribution in [0.1, 0.15) is 381 Å². The van der Waals surface area contributed by atoms with E-state index < -0.39 is 0 Å². The molecular weight excluding hydrogens is 1270 g/mol. The third kappa shape index (κ3) is 25.8. The van der Waals surface area contributed by atoms with Crippen LogP contribution in [-0.4, -0.2) is 210 Å². The van der Waals surface area contributed by atoms with Gasteiger partial charge in [-0.1, -0.05) is 59.3 Å². The van der Waals surface area contributed by atoms with E-state index in [0.717, 1.165) is 70.8 Å². The largest absolute Gasteiger partial charge is 0.298 e. The van der Waals surface area contributed by atoms with Crippen LogP contribution >= 0.6 is 0 Å². The van der Waals surface area contributed by atoms with Crippen molar-refractivity contribution >= 4 is 0 Å². The van der Waals surface area contributed by atoms with E-state index in [9.17, 15) is 0 Å². The summed E-state index contributed by atoms with van der Waals surface area (Å²) in [7, 11) is 0. The summed E-state index contributed by atoms with van der Waals surface area (Å²) in [6.07, 6.45) is 39.7. The lowest BCUT2D eigenvalue weighted by molar-refractivity contribution is -0.125. The van der Waals surface area contributed by atoms with Gasteiger partial charge < -0.3 is 0 Å². The Hall–Kier alpha value is -0.360. The summed E-state index contributed by atoms with van der Waals surface area (Å²) in [5.74, 6) is 9.59. The van der Waals surface area contributed by atoms with Crippen LogP contribution in [0.3, 0.4) is 0 Å². The Labute approximate surface area is 651 Å². The minimum atomic E-state index is 0.403. The minimum absolute atomic E-state index is 0.403. The van der Waals surface area contributed by atoms with Crippen molar-refractivity contribution in [3.05, 3.63) is 0 Å². The molecule has 0 bridgehead atoms. The van der Waals surface area contributed by atoms with Gasteiger partial charge in [0.25, 0.3) is 0 Å². The average Bonchev–Trinajstić information content (AvgIpc) is 1.30. The topological polar surface area (TPSA) is 29.2 Å². The molecule has 0 radical (unpaired) electrons. The SMILES string of the molecule is CC(C)(C)C1CCCC1.CC(C)(C)N1CC2(CCC2)C1.CC(C)(C)N1CC2CC2C1.CC(C)(C)N1CC2CCCC2C1.CC(C)(C)N1CCC1.CC(C)(C)N1CCC12CCC2.CC(C)(C)N1CCC2CC21.CC(C)(C)N1CCC2CC2C1.CC(C)(C)N1CCC2CCCC21.CC(C)(C)N1CCCCC1. The van der Waals surface area contributed by atoms with Crippen molar-refractivity contribution in [1.29, 1.82) is 0 Å². The van der Waals surface area contributed by atoms with E-state index in [1.54, 1.807) is 0 Å². The summed E-state index contributed by atoms with van der Waals surface area (Å²) in [5, 5.41) is 0. The van der Waals surface area contributed by atoms with Crippen LogP contribution in [0.15, 0.2) is 0 Å². The van der Waals surface area contributed by atoms with Crippen molar-refractivity contribution in [3.63, 3.8) is 0 Å². The maximum absolute atomic E-state index is 2.73. The summed E-state index contributed by atoms with van der Waals surface area (Å²) >= 11 is 0. The zero-order valence-corrected chi connectivity index (χ0v) is 76.1. The number of fused-ring (bicyclic) bond motifs is 5. The van der Waals surface area contributed by atoms with Crippen LogP contribution in [0.5, 0.6) is 0 Å². The van der Waals surface area contributed by atoms with Crippen LogP contribution in [0, 0.1) is 64.1 Å². The fourth-order valence-electron chi connectivity index (χ4n) is 21.5. The zero-order valence-electron chi connectivity index (χ0n) is 76.1. The fraction of sp³-hybridized carbons (Fsp3) is 1.00. The number of likely N-dealkylation sites (tertiary alicyclic amines) is 9. The van der Waals surface area contributed by atoms with Gasteiger partial charge in [0.15, 0.2) is 0 Å². The van der Waals surface area contributed by atoms with E-state index in [-0.39, 0.29) is 0 Å². The van der Waals surface area contributed by atoms with E-state index in [1.165, 1.54) is 272 Å². The number of rotatable bonds is 0. The monoisotopic (exact) mass is 1450 g/mol. The lowest BCUT2D eigenvalue weighted by Crippen LogP contribution is -2.69. The first-order valence-electron chi connectivity index (χ1n) is 45.6. The molecule has 0 amide bonds. The molecule has 104 heavy (non-hydrogen) atoms. The quantitative estimate of drug-likeness (QED) is 0.235. The van der Waals surface area contributed by atoms with E-state index in [4.69, 9.17) is 0 Å². The molecule has 0 N–H and O–H groups in total. The van der Waals surface area contributed by atoms with Crippen LogP contribution in [-0.2, 0) is 0 Å².